The standard InChI is InChI=1S/C19H22F3N5O2/c1-10-5-15(8-23-17(10)24-9-19(20,21)22)18(29)26-12(3)14-6-11(2)25-16(7-14)27-13(4)28/h5-8,12H,9H2,1-4H3,(H,23,24)(H,26,29)(H,25,27,28). The topological polar surface area (TPSA) is 96.0 Å². The average Bonchev–Trinajstić information content (AvgIpc) is 2.58. The zero-order valence-corrected chi connectivity index (χ0v) is 16.4. The second kappa shape index (κ2) is 8.89. The number of alkyl halides is 3. The van der Waals surface area contributed by atoms with Crippen molar-refractivity contribution < 1.29 is 22.8 Å². The lowest BCUT2D eigenvalue weighted by Gasteiger charge is -2.17. The molecule has 0 saturated heterocycles. The molecule has 0 fully saturated rings. The van der Waals surface area contributed by atoms with Gasteiger partial charge in [0.05, 0.1) is 11.6 Å². The molecule has 2 heterocycles. The molecule has 0 radical (unpaired) electrons. The summed E-state index contributed by atoms with van der Waals surface area (Å²) in [6.07, 6.45) is -3.15. The molecule has 0 aliphatic rings. The van der Waals surface area contributed by atoms with E-state index in [2.05, 4.69) is 25.9 Å². The molecule has 156 valence electrons. The monoisotopic (exact) mass is 409 g/mol. The minimum Gasteiger partial charge on any atom is -0.361 e. The van der Waals surface area contributed by atoms with Crippen LogP contribution in [0.4, 0.5) is 24.8 Å². The fourth-order valence-electron chi connectivity index (χ4n) is 2.62. The van der Waals surface area contributed by atoms with Crippen LogP contribution in [0.1, 0.15) is 47.1 Å². The van der Waals surface area contributed by atoms with Crippen molar-refractivity contribution in [1.82, 2.24) is 15.3 Å². The predicted molar refractivity (Wildman–Crippen MR) is 103 cm³/mol. The minimum atomic E-state index is -4.36. The maximum Gasteiger partial charge on any atom is 0.405 e. The highest BCUT2D eigenvalue weighted by molar-refractivity contribution is 5.94. The zero-order chi connectivity index (χ0) is 21.8. The third-order valence-electron chi connectivity index (χ3n) is 3.92. The second-order valence-corrected chi connectivity index (χ2v) is 6.66. The molecule has 0 aromatic carbocycles. The Balaban J connectivity index is 2.10. The van der Waals surface area contributed by atoms with Crippen molar-refractivity contribution >= 4 is 23.5 Å². The van der Waals surface area contributed by atoms with Gasteiger partial charge in [0, 0.05) is 18.8 Å². The van der Waals surface area contributed by atoms with Crippen LogP contribution < -0.4 is 16.0 Å². The number of aryl methyl sites for hydroxylation is 2. The summed E-state index contributed by atoms with van der Waals surface area (Å²) >= 11 is 0. The third kappa shape index (κ3) is 6.74. The molecule has 0 spiro atoms. The van der Waals surface area contributed by atoms with Gasteiger partial charge in [-0.05, 0) is 50.1 Å². The first kappa shape index (κ1) is 22.1. The van der Waals surface area contributed by atoms with Gasteiger partial charge in [-0.1, -0.05) is 0 Å². The van der Waals surface area contributed by atoms with Gasteiger partial charge in [0.25, 0.3) is 5.91 Å². The van der Waals surface area contributed by atoms with Crippen LogP contribution in [-0.4, -0.2) is 34.5 Å². The number of anilines is 2. The molecule has 0 bridgehead atoms. The Kier molecular flexibility index (Phi) is 6.78. The Morgan fingerprint density at radius 3 is 2.45 bits per heavy atom. The molecule has 2 aromatic heterocycles. The lowest BCUT2D eigenvalue weighted by atomic mass is 10.1. The van der Waals surface area contributed by atoms with Crippen molar-refractivity contribution in [3.05, 3.63) is 46.8 Å². The quantitative estimate of drug-likeness (QED) is 0.679. The average molecular weight is 409 g/mol. The van der Waals surface area contributed by atoms with E-state index in [4.69, 9.17) is 0 Å². The fourth-order valence-corrected chi connectivity index (χ4v) is 2.62. The van der Waals surface area contributed by atoms with Crippen molar-refractivity contribution in [3.8, 4) is 0 Å². The van der Waals surface area contributed by atoms with E-state index in [-0.39, 0.29) is 17.3 Å². The molecule has 2 amide bonds. The van der Waals surface area contributed by atoms with E-state index in [1.807, 2.05) is 0 Å². The summed E-state index contributed by atoms with van der Waals surface area (Å²) in [5, 5.41) is 7.61. The normalized spacial score (nSPS) is 12.2. The number of pyridine rings is 2. The van der Waals surface area contributed by atoms with Crippen molar-refractivity contribution in [1.29, 1.82) is 0 Å². The molecule has 1 unspecified atom stereocenters. The number of amides is 2. The number of carbonyl (C=O) groups excluding carboxylic acids is 2. The number of nitrogens with zero attached hydrogens (tertiary/aromatic N) is 2. The van der Waals surface area contributed by atoms with Gasteiger partial charge < -0.3 is 16.0 Å². The smallest absolute Gasteiger partial charge is 0.361 e. The number of nitrogens with one attached hydrogen (secondary N) is 3. The van der Waals surface area contributed by atoms with Crippen LogP contribution in [0.3, 0.4) is 0 Å². The molecular weight excluding hydrogens is 387 g/mol. The van der Waals surface area contributed by atoms with E-state index in [0.717, 1.165) is 5.56 Å². The summed E-state index contributed by atoms with van der Waals surface area (Å²) in [5.74, 6) is -0.236. The molecule has 10 heteroatoms. The molecule has 3 N–H and O–H groups in total. The first-order valence-electron chi connectivity index (χ1n) is 8.79. The molecule has 0 aliphatic carbocycles. The fraction of sp³-hybridized carbons (Fsp3) is 0.368. The number of rotatable bonds is 6. The highest BCUT2D eigenvalue weighted by Crippen LogP contribution is 2.20. The molecule has 0 aliphatic heterocycles. The van der Waals surface area contributed by atoms with Crippen LogP contribution in [0.2, 0.25) is 0 Å². The minimum absolute atomic E-state index is 0.0663. The van der Waals surface area contributed by atoms with E-state index in [1.165, 1.54) is 19.2 Å². The van der Waals surface area contributed by atoms with Crippen LogP contribution in [-0.2, 0) is 4.79 Å². The molecule has 2 aromatic rings. The van der Waals surface area contributed by atoms with Gasteiger partial charge in [-0.2, -0.15) is 13.2 Å². The molecule has 2 rings (SSSR count). The van der Waals surface area contributed by atoms with E-state index < -0.39 is 24.7 Å². The summed E-state index contributed by atoms with van der Waals surface area (Å²) in [6.45, 7) is 5.27. The predicted octanol–water partition coefficient (Wildman–Crippen LogP) is 3.52. The molecule has 7 nitrogen and oxygen atoms in total. The first-order chi connectivity index (χ1) is 13.4. The van der Waals surface area contributed by atoms with Gasteiger partial charge in [-0.15, -0.1) is 0 Å². The van der Waals surface area contributed by atoms with Gasteiger partial charge >= 0.3 is 6.18 Å². The van der Waals surface area contributed by atoms with Crippen LogP contribution in [0.15, 0.2) is 24.4 Å². The van der Waals surface area contributed by atoms with E-state index in [9.17, 15) is 22.8 Å². The Bertz CT molecular complexity index is 915. The van der Waals surface area contributed by atoms with Gasteiger partial charge in [-0.3, -0.25) is 9.59 Å². The lowest BCUT2D eigenvalue weighted by Crippen LogP contribution is -2.27. The van der Waals surface area contributed by atoms with Crippen molar-refractivity contribution in [3.63, 3.8) is 0 Å². The van der Waals surface area contributed by atoms with Crippen LogP contribution in [0.5, 0.6) is 0 Å². The van der Waals surface area contributed by atoms with Gasteiger partial charge in [0.15, 0.2) is 0 Å². The summed E-state index contributed by atoms with van der Waals surface area (Å²) in [4.78, 5) is 31.9. The third-order valence-corrected chi connectivity index (χ3v) is 3.92. The number of halogens is 3. The number of aromatic nitrogens is 2. The molecule has 0 saturated carbocycles. The van der Waals surface area contributed by atoms with E-state index in [0.29, 0.717) is 17.1 Å². The maximum atomic E-state index is 12.5. The van der Waals surface area contributed by atoms with E-state index in [1.54, 1.807) is 32.9 Å². The van der Waals surface area contributed by atoms with Crippen molar-refractivity contribution in [2.75, 3.05) is 17.2 Å². The zero-order valence-electron chi connectivity index (χ0n) is 16.4. The van der Waals surface area contributed by atoms with E-state index >= 15 is 0 Å². The Morgan fingerprint density at radius 1 is 1.17 bits per heavy atom. The van der Waals surface area contributed by atoms with Crippen molar-refractivity contribution in [2.24, 2.45) is 0 Å². The van der Waals surface area contributed by atoms with Crippen molar-refractivity contribution in [2.45, 2.75) is 39.9 Å². The molecule has 1 atom stereocenters. The second-order valence-electron chi connectivity index (χ2n) is 6.66. The highest BCUT2D eigenvalue weighted by atomic mass is 19.4. The van der Waals surface area contributed by atoms with Gasteiger partial charge in [0.1, 0.15) is 18.2 Å². The maximum absolute atomic E-state index is 12.5. The highest BCUT2D eigenvalue weighted by Gasteiger charge is 2.27. The van der Waals surface area contributed by atoms with Gasteiger partial charge in [-0.25, -0.2) is 9.97 Å². The van der Waals surface area contributed by atoms with Crippen LogP contribution in [0, 0.1) is 13.8 Å². The summed E-state index contributed by atoms with van der Waals surface area (Å²) in [6, 6.07) is 4.51. The van der Waals surface area contributed by atoms with Gasteiger partial charge in [0.2, 0.25) is 5.91 Å². The Labute approximate surface area is 166 Å². The number of carbonyl (C=O) groups is 2. The Hall–Kier alpha value is -3.17. The summed E-state index contributed by atoms with van der Waals surface area (Å²) in [5.41, 5.74) is 2.05. The SMILES string of the molecule is CC(=O)Nc1cc(C(C)NC(=O)c2cnc(NCC(F)(F)F)c(C)c2)cc(C)n1. The first-order valence-corrected chi connectivity index (χ1v) is 8.79. The summed E-state index contributed by atoms with van der Waals surface area (Å²) < 4.78 is 37.0. The number of hydrogen-bond acceptors (Lipinski definition) is 5. The number of hydrogen-bond donors (Lipinski definition) is 3. The largest absolute Gasteiger partial charge is 0.405 e. The van der Waals surface area contributed by atoms with Crippen LogP contribution >= 0.6 is 0 Å². The van der Waals surface area contributed by atoms with Crippen LogP contribution in [0.25, 0.3) is 0 Å². The Morgan fingerprint density at radius 2 is 1.86 bits per heavy atom. The molecule has 29 heavy (non-hydrogen) atoms. The summed E-state index contributed by atoms with van der Waals surface area (Å²) in [7, 11) is 0. The molecular formula is C19H22F3N5O2. The lowest BCUT2D eigenvalue weighted by molar-refractivity contribution is -0.115.